The van der Waals surface area contributed by atoms with Gasteiger partial charge in [0.1, 0.15) is 42.8 Å². The molecule has 166 valence electrons. The zero-order chi connectivity index (χ0) is 22.4. The Labute approximate surface area is 179 Å². The molecule has 2 aromatic rings. The summed E-state index contributed by atoms with van der Waals surface area (Å²) in [7, 11) is 0. The van der Waals surface area contributed by atoms with E-state index in [0.717, 1.165) is 25.7 Å². The number of hydrogen-bond acceptors (Lipinski definition) is 9. The number of aliphatic hydroxyl groups is 2. The predicted molar refractivity (Wildman–Crippen MR) is 108 cm³/mol. The number of nitriles is 1. The van der Waals surface area contributed by atoms with Crippen molar-refractivity contribution in [3.8, 4) is 6.07 Å². The van der Waals surface area contributed by atoms with E-state index in [2.05, 4.69) is 23.9 Å². The van der Waals surface area contributed by atoms with Gasteiger partial charge in [-0.05, 0) is 43.2 Å². The van der Waals surface area contributed by atoms with Crippen LogP contribution in [-0.2, 0) is 19.9 Å². The fourth-order valence-corrected chi connectivity index (χ4v) is 4.47. The van der Waals surface area contributed by atoms with Crippen molar-refractivity contribution in [2.45, 2.75) is 63.4 Å². The van der Waals surface area contributed by atoms with Gasteiger partial charge in [-0.2, -0.15) is 10.4 Å². The van der Waals surface area contributed by atoms with Crippen molar-refractivity contribution >= 4 is 17.3 Å². The highest BCUT2D eigenvalue weighted by molar-refractivity contribution is 5.72. The van der Waals surface area contributed by atoms with E-state index >= 15 is 0 Å². The Hall–Kier alpha value is -2.74. The van der Waals surface area contributed by atoms with E-state index in [1.165, 1.54) is 16.9 Å². The summed E-state index contributed by atoms with van der Waals surface area (Å²) in [6, 6.07) is 5.11. The minimum atomic E-state index is -1.90. The summed E-state index contributed by atoms with van der Waals surface area (Å²) in [5.74, 6) is -0.334. The molecule has 31 heavy (non-hydrogen) atoms. The first kappa shape index (κ1) is 21.5. The van der Waals surface area contributed by atoms with E-state index in [9.17, 15) is 20.3 Å². The van der Waals surface area contributed by atoms with Crippen molar-refractivity contribution < 1.29 is 24.5 Å². The number of carbonyl (C=O) groups is 1. The monoisotopic (exact) mass is 429 g/mol. The lowest BCUT2D eigenvalue weighted by Crippen LogP contribution is -2.41. The third-order valence-corrected chi connectivity index (χ3v) is 6.55. The number of ether oxygens (including phenoxy) is 2. The number of esters is 1. The summed E-state index contributed by atoms with van der Waals surface area (Å²) in [6.45, 7) is 4.11. The van der Waals surface area contributed by atoms with Gasteiger partial charge < -0.3 is 25.4 Å². The fourth-order valence-electron chi connectivity index (χ4n) is 4.47. The molecule has 0 spiro atoms. The van der Waals surface area contributed by atoms with Crippen molar-refractivity contribution in [3.63, 3.8) is 0 Å². The summed E-state index contributed by atoms with van der Waals surface area (Å²) in [6.07, 6.45) is 0.538. The molecule has 10 heteroatoms. The van der Waals surface area contributed by atoms with E-state index in [1.807, 2.05) is 6.07 Å². The zero-order valence-electron chi connectivity index (χ0n) is 17.6. The maximum atomic E-state index is 12.5. The third-order valence-electron chi connectivity index (χ3n) is 6.55. The second kappa shape index (κ2) is 7.75. The molecule has 0 radical (unpaired) electrons. The van der Waals surface area contributed by atoms with Crippen LogP contribution < -0.4 is 5.73 Å². The highest BCUT2D eigenvalue weighted by Crippen LogP contribution is 2.41. The van der Waals surface area contributed by atoms with Crippen LogP contribution in [0.4, 0.5) is 5.82 Å². The molecule has 2 aromatic heterocycles. The first-order valence-electron chi connectivity index (χ1n) is 10.4. The van der Waals surface area contributed by atoms with Gasteiger partial charge in [-0.15, -0.1) is 0 Å². The van der Waals surface area contributed by atoms with Crippen LogP contribution in [0.15, 0.2) is 18.5 Å². The fraction of sp³-hybridized carbons (Fsp3) is 0.619. The van der Waals surface area contributed by atoms with Crippen LogP contribution in [0, 0.1) is 22.7 Å². The van der Waals surface area contributed by atoms with Crippen LogP contribution >= 0.6 is 0 Å². The van der Waals surface area contributed by atoms with Crippen LogP contribution in [0.1, 0.15) is 45.2 Å². The Kier molecular flexibility index (Phi) is 5.37. The summed E-state index contributed by atoms with van der Waals surface area (Å²) >= 11 is 0. The number of anilines is 1. The molecule has 1 saturated heterocycles. The molecule has 3 heterocycles. The molecule has 0 bridgehead atoms. The van der Waals surface area contributed by atoms with Gasteiger partial charge in [-0.1, -0.05) is 13.8 Å². The Bertz CT molecular complexity index is 1020. The standard InChI is InChI=1S/C21H27N5O5/c1-20(2)7-5-12(6-8-20)19(29)30-9-14-16(27)17(28)21(10-22,31-14)15-4-3-13-18(23)24-11-25-26(13)15/h3-4,11-12,14,16-17,27-28H,5-9H2,1-2H3,(H2,23,24,25)/t14-,16-,17-,21+/m1/s1. The summed E-state index contributed by atoms with van der Waals surface area (Å²) < 4.78 is 12.6. The van der Waals surface area contributed by atoms with Crippen molar-refractivity contribution in [2.75, 3.05) is 12.3 Å². The average Bonchev–Trinajstić information content (AvgIpc) is 3.28. The maximum Gasteiger partial charge on any atom is 0.309 e. The van der Waals surface area contributed by atoms with Crippen molar-refractivity contribution in [1.82, 2.24) is 14.6 Å². The molecule has 4 N–H and O–H groups in total. The summed E-state index contributed by atoms with van der Waals surface area (Å²) in [5.41, 5.74) is 4.81. The number of carbonyl (C=O) groups excluding carboxylic acids is 1. The molecule has 0 unspecified atom stereocenters. The van der Waals surface area contributed by atoms with Gasteiger partial charge in [0.2, 0.25) is 5.60 Å². The van der Waals surface area contributed by atoms with E-state index in [0.29, 0.717) is 5.52 Å². The van der Waals surface area contributed by atoms with Crippen LogP contribution in [-0.4, -0.2) is 55.7 Å². The van der Waals surface area contributed by atoms with Gasteiger partial charge in [0.05, 0.1) is 11.6 Å². The number of nitrogens with zero attached hydrogens (tertiary/aromatic N) is 4. The SMILES string of the molecule is CC1(C)CCC(C(=O)OC[C@H]2O[C@@](C#N)(c3ccc4c(N)ncnn34)[C@H](O)[C@@H]2O)CC1. The smallest absolute Gasteiger partial charge is 0.309 e. The van der Waals surface area contributed by atoms with E-state index in [1.54, 1.807) is 6.07 Å². The molecule has 2 fully saturated rings. The second-order valence-electron chi connectivity index (χ2n) is 9.17. The molecule has 4 atom stereocenters. The van der Waals surface area contributed by atoms with Crippen molar-refractivity contribution in [2.24, 2.45) is 11.3 Å². The lowest BCUT2D eigenvalue weighted by Gasteiger charge is -2.33. The molecule has 1 aliphatic heterocycles. The first-order valence-corrected chi connectivity index (χ1v) is 10.4. The number of aromatic nitrogens is 3. The minimum Gasteiger partial charge on any atom is -0.463 e. The summed E-state index contributed by atoms with van der Waals surface area (Å²) in [4.78, 5) is 16.4. The number of rotatable bonds is 4. The molecule has 0 amide bonds. The Morgan fingerprint density at radius 2 is 2.10 bits per heavy atom. The topological polar surface area (TPSA) is 156 Å². The number of aliphatic hydroxyl groups excluding tert-OH is 2. The van der Waals surface area contributed by atoms with Crippen LogP contribution in [0.25, 0.3) is 5.52 Å². The average molecular weight is 429 g/mol. The summed E-state index contributed by atoms with van der Waals surface area (Å²) in [5, 5.41) is 35.3. The van der Waals surface area contributed by atoms with E-state index in [-0.39, 0.29) is 35.4 Å². The highest BCUT2D eigenvalue weighted by Gasteiger charge is 2.58. The molecule has 2 aliphatic rings. The molecular formula is C21H27N5O5. The van der Waals surface area contributed by atoms with Gasteiger partial charge >= 0.3 is 5.97 Å². The van der Waals surface area contributed by atoms with Gasteiger partial charge in [-0.25, -0.2) is 9.50 Å². The molecule has 1 saturated carbocycles. The predicted octanol–water partition coefficient (Wildman–Crippen LogP) is 0.911. The number of nitrogen functional groups attached to an aromatic ring is 1. The third kappa shape index (κ3) is 3.63. The lowest BCUT2D eigenvalue weighted by atomic mass is 9.73. The second-order valence-corrected chi connectivity index (χ2v) is 9.17. The Balaban J connectivity index is 1.50. The first-order chi connectivity index (χ1) is 14.7. The lowest BCUT2D eigenvalue weighted by molar-refractivity contribution is -0.157. The van der Waals surface area contributed by atoms with Crippen LogP contribution in [0.2, 0.25) is 0 Å². The van der Waals surface area contributed by atoms with Crippen molar-refractivity contribution in [1.29, 1.82) is 5.26 Å². The molecule has 4 rings (SSSR count). The van der Waals surface area contributed by atoms with Gasteiger partial charge in [0.25, 0.3) is 0 Å². The molecule has 1 aliphatic carbocycles. The molecule has 0 aromatic carbocycles. The van der Waals surface area contributed by atoms with Crippen molar-refractivity contribution in [3.05, 3.63) is 24.2 Å². The largest absolute Gasteiger partial charge is 0.463 e. The van der Waals surface area contributed by atoms with Gasteiger partial charge in [-0.3, -0.25) is 4.79 Å². The van der Waals surface area contributed by atoms with Crippen LogP contribution in [0.5, 0.6) is 0 Å². The number of hydrogen-bond donors (Lipinski definition) is 3. The minimum absolute atomic E-state index is 0.188. The molecular weight excluding hydrogens is 402 g/mol. The maximum absolute atomic E-state index is 12.5. The Morgan fingerprint density at radius 1 is 1.39 bits per heavy atom. The van der Waals surface area contributed by atoms with E-state index < -0.39 is 23.9 Å². The van der Waals surface area contributed by atoms with Gasteiger partial charge in [0.15, 0.2) is 5.82 Å². The highest BCUT2D eigenvalue weighted by atomic mass is 16.6. The van der Waals surface area contributed by atoms with Crippen LogP contribution in [0.3, 0.4) is 0 Å². The van der Waals surface area contributed by atoms with Gasteiger partial charge in [0, 0.05) is 0 Å². The number of fused-ring (bicyclic) bond motifs is 1. The van der Waals surface area contributed by atoms with E-state index in [4.69, 9.17) is 15.2 Å². The zero-order valence-corrected chi connectivity index (χ0v) is 17.6. The Morgan fingerprint density at radius 3 is 2.77 bits per heavy atom. The normalized spacial score (nSPS) is 30.9. The quantitative estimate of drug-likeness (QED) is 0.601. The number of nitrogens with two attached hydrogens (primary N) is 1. The molecule has 10 nitrogen and oxygen atoms in total.